The highest BCUT2D eigenvalue weighted by Crippen LogP contribution is 2.52. The largest absolute Gasteiger partial charge is 0.381 e. The molecule has 0 saturated carbocycles. The van der Waals surface area contributed by atoms with Crippen LogP contribution in [0.25, 0.3) is 0 Å². The Balaban J connectivity index is 1.95. The van der Waals surface area contributed by atoms with Crippen LogP contribution < -0.4 is 0 Å². The Morgan fingerprint density at radius 2 is 2.09 bits per heavy atom. The third-order valence-electron chi connectivity index (χ3n) is 6.02. The second-order valence-electron chi connectivity index (χ2n) is 6.94. The number of hydrogen-bond donors (Lipinski definition) is 0. The molecule has 22 heavy (non-hydrogen) atoms. The number of piperidine rings is 1. The van der Waals surface area contributed by atoms with Crippen LogP contribution in [-0.4, -0.2) is 36.7 Å². The molecule has 0 radical (unpaired) electrons. The lowest BCUT2D eigenvalue weighted by atomic mass is 9.70. The minimum Gasteiger partial charge on any atom is -0.381 e. The Morgan fingerprint density at radius 3 is 2.77 bits per heavy atom. The molecule has 0 N–H and O–H groups in total. The number of hydrogen-bond acceptors (Lipinski definition) is 2. The van der Waals surface area contributed by atoms with Gasteiger partial charge in [-0.15, -0.1) is 0 Å². The molecule has 2 nitrogen and oxygen atoms in total. The van der Waals surface area contributed by atoms with Crippen LogP contribution in [0.4, 0.5) is 0 Å². The topological polar surface area (TPSA) is 12.5 Å². The first kappa shape index (κ1) is 16.6. The van der Waals surface area contributed by atoms with E-state index < -0.39 is 0 Å². The molecule has 2 heterocycles. The van der Waals surface area contributed by atoms with Crippen LogP contribution in [0.2, 0.25) is 10.0 Å². The molecule has 0 aromatic heterocycles. The molecule has 2 aliphatic rings. The van der Waals surface area contributed by atoms with Gasteiger partial charge in [0.25, 0.3) is 0 Å². The molecule has 1 aromatic carbocycles. The van der Waals surface area contributed by atoms with Crippen LogP contribution in [-0.2, 0) is 4.74 Å². The van der Waals surface area contributed by atoms with E-state index in [1.807, 2.05) is 6.07 Å². The predicted octanol–water partition coefficient (Wildman–Crippen LogP) is 4.99. The van der Waals surface area contributed by atoms with E-state index in [-0.39, 0.29) is 5.54 Å². The van der Waals surface area contributed by atoms with Crippen LogP contribution in [0.5, 0.6) is 0 Å². The molecule has 2 aliphatic heterocycles. The Labute approximate surface area is 143 Å². The van der Waals surface area contributed by atoms with Gasteiger partial charge in [-0.3, -0.25) is 4.90 Å². The summed E-state index contributed by atoms with van der Waals surface area (Å²) in [6, 6.07) is 6.80. The van der Waals surface area contributed by atoms with E-state index >= 15 is 0 Å². The molecule has 0 spiro atoms. The lowest BCUT2D eigenvalue weighted by Gasteiger charge is -2.50. The summed E-state index contributed by atoms with van der Waals surface area (Å²) in [7, 11) is 2.28. The van der Waals surface area contributed by atoms with E-state index in [1.165, 1.54) is 24.8 Å². The van der Waals surface area contributed by atoms with Gasteiger partial charge in [0.05, 0.1) is 16.7 Å². The summed E-state index contributed by atoms with van der Waals surface area (Å²) in [6.07, 6.45) is 3.72. The fourth-order valence-electron chi connectivity index (χ4n) is 4.51. The first-order valence-corrected chi connectivity index (χ1v) is 8.98. The van der Waals surface area contributed by atoms with Crippen LogP contribution >= 0.6 is 23.2 Å². The zero-order valence-electron chi connectivity index (χ0n) is 13.6. The standard InChI is InChI=1S/C18H25Cl2NO/c1-4-22-11-15-14(12-5-6-16(19)17(20)9-12)10-13-7-8-18(15,2)21(13)3/h5-6,9,13-15H,4,7-8,10-11H2,1-3H3/t13-,14?,15?,18+/m0/s1. The molecule has 2 saturated heterocycles. The number of nitrogens with zero attached hydrogens (tertiary/aromatic N) is 1. The first-order valence-electron chi connectivity index (χ1n) is 8.23. The van der Waals surface area contributed by atoms with Gasteiger partial charge in [-0.05, 0) is 63.8 Å². The van der Waals surface area contributed by atoms with Gasteiger partial charge in [-0.1, -0.05) is 29.3 Å². The minimum absolute atomic E-state index is 0.217. The molecule has 3 rings (SSSR count). The van der Waals surface area contributed by atoms with E-state index in [4.69, 9.17) is 27.9 Å². The van der Waals surface area contributed by atoms with Crippen molar-refractivity contribution in [1.82, 2.24) is 4.90 Å². The maximum absolute atomic E-state index is 6.26. The van der Waals surface area contributed by atoms with Crippen molar-refractivity contribution in [3.8, 4) is 0 Å². The monoisotopic (exact) mass is 341 g/mol. The number of halogens is 2. The van der Waals surface area contributed by atoms with E-state index in [0.29, 0.717) is 27.9 Å². The van der Waals surface area contributed by atoms with Crippen LogP contribution in [0.1, 0.15) is 44.6 Å². The second-order valence-corrected chi connectivity index (χ2v) is 7.76. The fraction of sp³-hybridized carbons (Fsp3) is 0.667. The van der Waals surface area contributed by atoms with Gasteiger partial charge in [0, 0.05) is 24.1 Å². The highest BCUT2D eigenvalue weighted by molar-refractivity contribution is 6.42. The average Bonchev–Trinajstić information content (AvgIpc) is 2.69. The summed E-state index contributed by atoms with van der Waals surface area (Å²) in [5, 5.41) is 1.29. The maximum Gasteiger partial charge on any atom is 0.0595 e. The molecule has 4 heteroatoms. The Kier molecular flexibility index (Phi) is 4.76. The fourth-order valence-corrected chi connectivity index (χ4v) is 4.82. The van der Waals surface area contributed by atoms with Gasteiger partial charge in [0.15, 0.2) is 0 Å². The third kappa shape index (κ3) is 2.69. The van der Waals surface area contributed by atoms with Crippen molar-refractivity contribution in [2.45, 2.75) is 50.6 Å². The first-order chi connectivity index (χ1) is 10.5. The van der Waals surface area contributed by atoms with Crippen molar-refractivity contribution in [3.63, 3.8) is 0 Å². The number of rotatable bonds is 4. The number of benzene rings is 1. The molecule has 2 fully saturated rings. The zero-order valence-corrected chi connectivity index (χ0v) is 15.1. The summed E-state index contributed by atoms with van der Waals surface area (Å²) in [6.45, 7) is 6.06. The average molecular weight is 342 g/mol. The summed E-state index contributed by atoms with van der Waals surface area (Å²) < 4.78 is 5.86. The van der Waals surface area contributed by atoms with Gasteiger partial charge < -0.3 is 4.74 Å². The summed E-state index contributed by atoms with van der Waals surface area (Å²) in [5.41, 5.74) is 1.53. The zero-order chi connectivity index (χ0) is 15.9. The normalized spacial score (nSPS) is 35.0. The smallest absolute Gasteiger partial charge is 0.0595 e. The molecule has 4 atom stereocenters. The van der Waals surface area contributed by atoms with Crippen LogP contribution in [0, 0.1) is 5.92 Å². The van der Waals surface area contributed by atoms with Gasteiger partial charge in [-0.2, -0.15) is 0 Å². The van der Waals surface area contributed by atoms with E-state index in [0.717, 1.165) is 13.2 Å². The molecule has 1 aromatic rings. The van der Waals surface area contributed by atoms with Gasteiger partial charge >= 0.3 is 0 Å². The van der Waals surface area contributed by atoms with Gasteiger partial charge in [0.2, 0.25) is 0 Å². The van der Waals surface area contributed by atoms with Crippen molar-refractivity contribution in [2.24, 2.45) is 5.92 Å². The van der Waals surface area contributed by atoms with E-state index in [2.05, 4.69) is 37.9 Å². The van der Waals surface area contributed by atoms with Crippen molar-refractivity contribution in [2.75, 3.05) is 20.3 Å². The molecule has 0 amide bonds. The van der Waals surface area contributed by atoms with Crippen molar-refractivity contribution >= 4 is 23.2 Å². The third-order valence-corrected chi connectivity index (χ3v) is 6.76. The lowest BCUT2D eigenvalue weighted by molar-refractivity contribution is -0.0258. The summed E-state index contributed by atoms with van der Waals surface area (Å²) in [5.74, 6) is 0.989. The highest BCUT2D eigenvalue weighted by atomic mass is 35.5. The molecule has 2 bridgehead atoms. The second kappa shape index (κ2) is 6.32. The quantitative estimate of drug-likeness (QED) is 0.765. The van der Waals surface area contributed by atoms with Crippen LogP contribution in [0.15, 0.2) is 18.2 Å². The molecule has 2 unspecified atom stereocenters. The minimum atomic E-state index is 0.217. The Bertz CT molecular complexity index is 550. The van der Waals surface area contributed by atoms with E-state index in [9.17, 15) is 0 Å². The lowest BCUT2D eigenvalue weighted by Crippen LogP contribution is -2.55. The highest BCUT2D eigenvalue weighted by Gasteiger charge is 2.53. The molecule has 122 valence electrons. The van der Waals surface area contributed by atoms with Gasteiger partial charge in [-0.25, -0.2) is 0 Å². The van der Waals surface area contributed by atoms with Crippen molar-refractivity contribution in [3.05, 3.63) is 33.8 Å². The predicted molar refractivity (Wildman–Crippen MR) is 93.0 cm³/mol. The number of fused-ring (bicyclic) bond motifs is 2. The number of ether oxygens (including phenoxy) is 1. The van der Waals surface area contributed by atoms with Gasteiger partial charge in [0.1, 0.15) is 0 Å². The molecular weight excluding hydrogens is 317 g/mol. The summed E-state index contributed by atoms with van der Waals surface area (Å²) >= 11 is 12.4. The molecular formula is C18H25Cl2NO. The Hall–Kier alpha value is -0.280. The summed E-state index contributed by atoms with van der Waals surface area (Å²) in [4.78, 5) is 2.59. The Morgan fingerprint density at radius 1 is 1.32 bits per heavy atom. The maximum atomic E-state index is 6.26. The van der Waals surface area contributed by atoms with Crippen LogP contribution in [0.3, 0.4) is 0 Å². The van der Waals surface area contributed by atoms with Crippen molar-refractivity contribution in [1.29, 1.82) is 0 Å². The SMILES string of the molecule is CCOCC1C(c2ccc(Cl)c(Cl)c2)C[C@@H]2CC[C@@]1(C)N2C. The van der Waals surface area contributed by atoms with Crippen molar-refractivity contribution < 1.29 is 4.74 Å². The van der Waals surface area contributed by atoms with E-state index in [1.54, 1.807) is 0 Å². The molecule has 0 aliphatic carbocycles.